The molecule has 0 bridgehead atoms. The number of nitrogens with one attached hydrogen (secondary N) is 1. The van der Waals surface area contributed by atoms with E-state index in [1.54, 1.807) is 5.32 Å². The summed E-state index contributed by atoms with van der Waals surface area (Å²) in [5.41, 5.74) is -2.68. The third-order valence-corrected chi connectivity index (χ3v) is 4.56. The lowest BCUT2D eigenvalue weighted by molar-refractivity contribution is -0.141. The van der Waals surface area contributed by atoms with Gasteiger partial charge in [-0.1, -0.05) is 11.8 Å². The van der Waals surface area contributed by atoms with Crippen LogP contribution in [0.15, 0.2) is 40.1 Å². The van der Waals surface area contributed by atoms with Crippen LogP contribution < -0.4 is 5.32 Å². The molecule has 31 heavy (non-hydrogen) atoms. The van der Waals surface area contributed by atoms with Gasteiger partial charge in [0.05, 0.1) is 6.26 Å². The van der Waals surface area contributed by atoms with E-state index in [1.165, 1.54) is 18.4 Å². The maximum Gasteiger partial charge on any atom is 0.433 e. The smallest absolute Gasteiger partial charge is 0.433 e. The molecular formula is C18H10F7N3O2S. The number of carbonyl (C=O) groups is 1. The summed E-state index contributed by atoms with van der Waals surface area (Å²) in [5, 5.41) is 1.37. The van der Waals surface area contributed by atoms with Crippen LogP contribution in [0, 0.1) is 23.3 Å². The SMILES string of the molecule is O=C(CCSc1nc(-c2ccco2)cc(C(F)(F)F)n1)Nc1c(F)c(F)cc(F)c1F. The molecule has 0 saturated heterocycles. The van der Waals surface area contributed by atoms with Gasteiger partial charge in [0.25, 0.3) is 0 Å². The van der Waals surface area contributed by atoms with Gasteiger partial charge in [-0.25, -0.2) is 27.5 Å². The van der Waals surface area contributed by atoms with Crippen LogP contribution in [0.5, 0.6) is 0 Å². The highest BCUT2D eigenvalue weighted by Gasteiger charge is 2.34. The zero-order valence-corrected chi connectivity index (χ0v) is 15.9. The third kappa shape index (κ3) is 5.34. The fraction of sp³-hybridized carbons (Fsp3) is 0.167. The molecule has 5 nitrogen and oxygen atoms in total. The Morgan fingerprint density at radius 3 is 2.32 bits per heavy atom. The molecule has 2 aromatic heterocycles. The lowest BCUT2D eigenvalue weighted by Gasteiger charge is -2.10. The number of hydrogen-bond acceptors (Lipinski definition) is 5. The topological polar surface area (TPSA) is 68.0 Å². The van der Waals surface area contributed by atoms with E-state index in [0.29, 0.717) is 17.8 Å². The molecule has 1 N–H and O–H groups in total. The van der Waals surface area contributed by atoms with Crippen molar-refractivity contribution >= 4 is 23.4 Å². The van der Waals surface area contributed by atoms with Gasteiger partial charge in [0.1, 0.15) is 17.1 Å². The number of amides is 1. The molecule has 0 saturated carbocycles. The Labute approximate surface area is 173 Å². The molecule has 2 heterocycles. The average molecular weight is 465 g/mol. The summed E-state index contributed by atoms with van der Waals surface area (Å²) in [7, 11) is 0. The molecule has 3 aromatic rings. The molecule has 0 aliphatic carbocycles. The van der Waals surface area contributed by atoms with Crippen LogP contribution in [-0.4, -0.2) is 21.6 Å². The Bertz CT molecular complexity index is 1080. The summed E-state index contributed by atoms with van der Waals surface area (Å²) >= 11 is 0.655. The number of benzene rings is 1. The Morgan fingerprint density at radius 1 is 1.06 bits per heavy atom. The fourth-order valence-corrected chi connectivity index (χ4v) is 3.10. The van der Waals surface area contributed by atoms with Crippen molar-refractivity contribution in [3.63, 3.8) is 0 Å². The molecular weight excluding hydrogens is 455 g/mol. The van der Waals surface area contributed by atoms with E-state index >= 15 is 0 Å². The molecule has 164 valence electrons. The Balaban J connectivity index is 1.71. The van der Waals surface area contributed by atoms with Crippen LogP contribution in [0.3, 0.4) is 0 Å². The van der Waals surface area contributed by atoms with Gasteiger partial charge in [-0.05, 0) is 18.2 Å². The summed E-state index contributed by atoms with van der Waals surface area (Å²) in [6.07, 6.45) is -4.00. The summed E-state index contributed by atoms with van der Waals surface area (Å²) in [6.45, 7) is 0. The van der Waals surface area contributed by atoms with Gasteiger partial charge in [0, 0.05) is 18.2 Å². The molecule has 0 unspecified atom stereocenters. The van der Waals surface area contributed by atoms with Crippen molar-refractivity contribution in [2.45, 2.75) is 17.8 Å². The largest absolute Gasteiger partial charge is 0.463 e. The normalized spacial score (nSPS) is 11.6. The van der Waals surface area contributed by atoms with E-state index in [2.05, 4.69) is 9.97 Å². The maximum atomic E-state index is 13.6. The predicted octanol–water partition coefficient (Wildman–Crippen LogP) is 5.43. The molecule has 0 atom stereocenters. The average Bonchev–Trinajstić information content (AvgIpc) is 3.24. The minimum absolute atomic E-state index is 0.0161. The van der Waals surface area contributed by atoms with Crippen molar-refractivity contribution < 1.29 is 39.9 Å². The molecule has 0 aliphatic heterocycles. The second-order valence-electron chi connectivity index (χ2n) is 5.89. The summed E-state index contributed by atoms with van der Waals surface area (Å²) in [5.74, 6) is -8.16. The summed E-state index contributed by atoms with van der Waals surface area (Å²) in [6, 6.07) is 3.53. The van der Waals surface area contributed by atoms with Gasteiger partial charge < -0.3 is 9.73 Å². The number of nitrogens with zero attached hydrogens (tertiary/aromatic N) is 2. The van der Waals surface area contributed by atoms with E-state index in [1.807, 2.05) is 0 Å². The van der Waals surface area contributed by atoms with Crippen molar-refractivity contribution in [3.05, 3.63) is 59.5 Å². The van der Waals surface area contributed by atoms with E-state index in [4.69, 9.17) is 4.42 Å². The van der Waals surface area contributed by atoms with Crippen molar-refractivity contribution in [1.82, 2.24) is 9.97 Å². The predicted molar refractivity (Wildman–Crippen MR) is 95.0 cm³/mol. The van der Waals surface area contributed by atoms with Gasteiger partial charge in [-0.2, -0.15) is 13.2 Å². The minimum Gasteiger partial charge on any atom is -0.463 e. The molecule has 0 fully saturated rings. The second-order valence-corrected chi connectivity index (χ2v) is 6.95. The van der Waals surface area contributed by atoms with Gasteiger partial charge >= 0.3 is 6.18 Å². The second kappa shape index (κ2) is 8.96. The fourth-order valence-electron chi connectivity index (χ4n) is 2.31. The molecule has 1 amide bonds. The number of rotatable bonds is 6. The van der Waals surface area contributed by atoms with Gasteiger partial charge in [0.2, 0.25) is 5.91 Å². The zero-order chi connectivity index (χ0) is 22.8. The van der Waals surface area contributed by atoms with Gasteiger partial charge in [-0.3, -0.25) is 4.79 Å². The zero-order valence-electron chi connectivity index (χ0n) is 15.1. The minimum atomic E-state index is -4.77. The number of hydrogen-bond donors (Lipinski definition) is 1. The van der Waals surface area contributed by atoms with E-state index in [9.17, 15) is 35.5 Å². The van der Waals surface area contributed by atoms with Crippen molar-refractivity contribution in [2.24, 2.45) is 0 Å². The van der Waals surface area contributed by atoms with Crippen LogP contribution in [0.1, 0.15) is 12.1 Å². The highest BCUT2D eigenvalue weighted by atomic mass is 32.2. The highest BCUT2D eigenvalue weighted by molar-refractivity contribution is 7.99. The molecule has 0 spiro atoms. The third-order valence-electron chi connectivity index (χ3n) is 3.71. The van der Waals surface area contributed by atoms with Gasteiger partial charge in [-0.15, -0.1) is 0 Å². The quantitative estimate of drug-likeness (QED) is 0.228. The number of alkyl halides is 3. The summed E-state index contributed by atoms with van der Waals surface area (Å²) in [4.78, 5) is 19.2. The molecule has 3 rings (SSSR count). The van der Waals surface area contributed by atoms with Crippen LogP contribution in [-0.2, 0) is 11.0 Å². The number of halogens is 7. The monoisotopic (exact) mass is 465 g/mol. The lowest BCUT2D eigenvalue weighted by Crippen LogP contribution is -2.16. The van der Waals surface area contributed by atoms with Crippen molar-refractivity contribution in [3.8, 4) is 11.5 Å². The maximum absolute atomic E-state index is 13.6. The van der Waals surface area contributed by atoms with Crippen molar-refractivity contribution in [2.75, 3.05) is 11.1 Å². The number of carbonyl (C=O) groups excluding carboxylic acids is 1. The van der Waals surface area contributed by atoms with E-state index < -0.39 is 53.2 Å². The summed E-state index contributed by atoms with van der Waals surface area (Å²) < 4.78 is 97.9. The number of furan rings is 1. The van der Waals surface area contributed by atoms with Crippen LogP contribution in [0.2, 0.25) is 0 Å². The van der Waals surface area contributed by atoms with Crippen LogP contribution in [0.25, 0.3) is 11.5 Å². The first-order valence-electron chi connectivity index (χ1n) is 8.32. The number of thioether (sulfide) groups is 1. The lowest BCUT2D eigenvalue weighted by atomic mass is 10.2. The first-order valence-corrected chi connectivity index (χ1v) is 9.30. The number of aromatic nitrogens is 2. The number of anilines is 1. The first-order chi connectivity index (χ1) is 14.6. The molecule has 0 radical (unpaired) electrons. The Hall–Kier alpha value is -3.09. The Morgan fingerprint density at radius 2 is 1.74 bits per heavy atom. The van der Waals surface area contributed by atoms with Gasteiger partial charge in [0.15, 0.2) is 34.2 Å². The first kappa shape index (κ1) is 22.6. The van der Waals surface area contributed by atoms with E-state index in [-0.39, 0.29) is 28.4 Å². The van der Waals surface area contributed by atoms with Crippen molar-refractivity contribution in [1.29, 1.82) is 0 Å². The molecule has 0 aliphatic rings. The van der Waals surface area contributed by atoms with Crippen LogP contribution >= 0.6 is 11.8 Å². The molecule has 13 heteroatoms. The Kier molecular flexibility index (Phi) is 6.53. The van der Waals surface area contributed by atoms with E-state index in [0.717, 1.165) is 0 Å². The highest BCUT2D eigenvalue weighted by Crippen LogP contribution is 2.32. The van der Waals surface area contributed by atoms with Crippen LogP contribution in [0.4, 0.5) is 36.4 Å². The standard InChI is InChI=1S/C18H10F7N3O2S/c19-8-6-9(20)15(22)16(14(8)21)28-13(29)3-5-31-17-26-10(11-2-1-4-30-11)7-12(27-17)18(23,24)25/h1-2,4,6-7H,3,5H2,(H,28,29). The molecule has 1 aromatic carbocycles.